The largest absolute Gasteiger partial charge is 0.377 e. The van der Waals surface area contributed by atoms with Gasteiger partial charge in [0.15, 0.2) is 0 Å². The first-order valence-electron chi connectivity index (χ1n) is 7.18. The van der Waals surface area contributed by atoms with Crippen molar-refractivity contribution < 1.29 is 18.3 Å². The van der Waals surface area contributed by atoms with Crippen LogP contribution in [0.25, 0.3) is 0 Å². The van der Waals surface area contributed by atoms with Gasteiger partial charge in [0.25, 0.3) is 0 Å². The van der Waals surface area contributed by atoms with Gasteiger partial charge in [0.05, 0.1) is 29.4 Å². The first-order chi connectivity index (χ1) is 10.4. The number of benzene rings is 1. The van der Waals surface area contributed by atoms with Crippen molar-refractivity contribution >= 4 is 27.6 Å². The number of rotatable bonds is 3. The number of carbonyl (C=O) groups excluding carboxylic acids is 1. The monoisotopic (exact) mass is 376 g/mol. The summed E-state index contributed by atoms with van der Waals surface area (Å²) in [5.74, 6) is -0.906. The summed E-state index contributed by atoms with van der Waals surface area (Å²) in [7, 11) is 0. The summed E-state index contributed by atoms with van der Waals surface area (Å²) in [6, 6.07) is 1.47. The van der Waals surface area contributed by atoms with E-state index in [1.807, 2.05) is 0 Å². The highest BCUT2D eigenvalue weighted by molar-refractivity contribution is 9.10. The zero-order chi connectivity index (χ0) is 16.3. The zero-order valence-corrected chi connectivity index (χ0v) is 14.1. The molecule has 1 N–H and O–H groups in total. The van der Waals surface area contributed by atoms with Crippen LogP contribution < -0.4 is 5.32 Å². The number of anilines is 1. The molecular formula is C15H19BrF2N2O2. The molecule has 7 heteroatoms. The number of hydrogen-bond acceptors (Lipinski definition) is 2. The molecule has 2 amide bonds. The molecule has 1 aromatic rings. The fraction of sp³-hybridized carbons (Fsp3) is 0.533. The average Bonchev–Trinajstić information content (AvgIpc) is 2.44. The lowest BCUT2D eigenvalue weighted by atomic mass is 10.0. The van der Waals surface area contributed by atoms with Gasteiger partial charge in [-0.2, -0.15) is 0 Å². The van der Waals surface area contributed by atoms with Gasteiger partial charge in [0.1, 0.15) is 11.6 Å². The predicted octanol–water partition coefficient (Wildman–Crippen LogP) is 4.01. The number of nitrogens with one attached hydrogen (secondary N) is 1. The Hall–Kier alpha value is -1.21. The molecule has 1 atom stereocenters. The third-order valence-corrected chi connectivity index (χ3v) is 4.09. The molecule has 1 fully saturated rings. The van der Waals surface area contributed by atoms with Crippen molar-refractivity contribution in [2.75, 3.05) is 25.1 Å². The Morgan fingerprint density at radius 2 is 2.18 bits per heavy atom. The van der Waals surface area contributed by atoms with Gasteiger partial charge in [-0.05, 0) is 34.3 Å². The second-order valence-electron chi connectivity index (χ2n) is 5.73. The Morgan fingerprint density at radius 1 is 1.45 bits per heavy atom. The van der Waals surface area contributed by atoms with Crippen LogP contribution in [0, 0.1) is 17.6 Å². The van der Waals surface area contributed by atoms with Gasteiger partial charge in [-0.1, -0.05) is 13.8 Å². The minimum absolute atomic E-state index is 0.0204. The predicted molar refractivity (Wildman–Crippen MR) is 83.8 cm³/mol. The van der Waals surface area contributed by atoms with Gasteiger partial charge in [0.2, 0.25) is 0 Å². The van der Waals surface area contributed by atoms with Crippen molar-refractivity contribution in [2.24, 2.45) is 5.92 Å². The van der Waals surface area contributed by atoms with Crippen LogP contribution >= 0.6 is 15.9 Å². The van der Waals surface area contributed by atoms with E-state index in [9.17, 15) is 13.6 Å². The summed E-state index contributed by atoms with van der Waals surface area (Å²) < 4.78 is 32.7. The molecule has 1 aliphatic rings. The molecule has 0 aliphatic carbocycles. The summed E-state index contributed by atoms with van der Waals surface area (Å²) in [5, 5.41) is 2.45. The van der Waals surface area contributed by atoms with Crippen LogP contribution in [-0.2, 0) is 4.74 Å². The van der Waals surface area contributed by atoms with Crippen LogP contribution in [-0.4, -0.2) is 36.7 Å². The van der Waals surface area contributed by atoms with E-state index in [-0.39, 0.29) is 16.2 Å². The second-order valence-corrected chi connectivity index (χ2v) is 6.58. The Balaban J connectivity index is 2.11. The molecule has 1 heterocycles. The SMILES string of the molecule is CC(C)C[C@H]1COCCN1C(=O)Nc1cc(F)c(Br)cc1F. The van der Waals surface area contributed by atoms with Crippen LogP contribution in [0.4, 0.5) is 19.3 Å². The highest BCUT2D eigenvalue weighted by Crippen LogP contribution is 2.24. The number of hydrogen-bond donors (Lipinski definition) is 1. The van der Waals surface area contributed by atoms with Gasteiger partial charge < -0.3 is 15.0 Å². The number of carbonyl (C=O) groups is 1. The first-order valence-corrected chi connectivity index (χ1v) is 7.97. The maximum absolute atomic E-state index is 13.8. The van der Waals surface area contributed by atoms with Crippen LogP contribution in [0.5, 0.6) is 0 Å². The highest BCUT2D eigenvalue weighted by Gasteiger charge is 2.28. The fourth-order valence-electron chi connectivity index (χ4n) is 2.47. The second kappa shape index (κ2) is 7.37. The van der Waals surface area contributed by atoms with E-state index in [4.69, 9.17) is 4.74 Å². The van der Waals surface area contributed by atoms with E-state index >= 15 is 0 Å². The quantitative estimate of drug-likeness (QED) is 0.809. The molecule has 1 saturated heterocycles. The summed E-state index contributed by atoms with van der Waals surface area (Å²) >= 11 is 2.91. The number of urea groups is 1. The number of morpholine rings is 1. The maximum Gasteiger partial charge on any atom is 0.322 e. The number of amides is 2. The van der Waals surface area contributed by atoms with Gasteiger partial charge >= 0.3 is 6.03 Å². The maximum atomic E-state index is 13.8. The van der Waals surface area contributed by atoms with Crippen molar-refractivity contribution in [2.45, 2.75) is 26.3 Å². The van der Waals surface area contributed by atoms with Gasteiger partial charge in [-0.3, -0.25) is 0 Å². The fourth-order valence-corrected chi connectivity index (χ4v) is 2.78. The lowest BCUT2D eigenvalue weighted by molar-refractivity contribution is 0.00856. The van der Waals surface area contributed by atoms with Crippen LogP contribution in [0.15, 0.2) is 16.6 Å². The van der Waals surface area contributed by atoms with Crippen molar-refractivity contribution in [3.05, 3.63) is 28.2 Å². The third-order valence-electron chi connectivity index (χ3n) is 3.48. The lowest BCUT2D eigenvalue weighted by Gasteiger charge is -2.36. The Labute approximate surface area is 136 Å². The molecule has 0 bridgehead atoms. The molecule has 22 heavy (non-hydrogen) atoms. The Morgan fingerprint density at radius 3 is 2.86 bits per heavy atom. The minimum Gasteiger partial charge on any atom is -0.377 e. The molecule has 0 unspecified atom stereocenters. The van der Waals surface area contributed by atoms with Gasteiger partial charge in [0, 0.05) is 12.6 Å². The van der Waals surface area contributed by atoms with Gasteiger partial charge in [-0.25, -0.2) is 13.6 Å². The van der Waals surface area contributed by atoms with Crippen molar-refractivity contribution in [3.8, 4) is 0 Å². The molecule has 4 nitrogen and oxygen atoms in total. The average molecular weight is 377 g/mol. The van der Waals surface area contributed by atoms with Crippen molar-refractivity contribution in [1.29, 1.82) is 0 Å². The normalized spacial score (nSPS) is 18.6. The first kappa shape index (κ1) is 17.1. The molecule has 0 radical (unpaired) electrons. The van der Waals surface area contributed by atoms with Crippen LogP contribution in [0.1, 0.15) is 20.3 Å². The molecular weight excluding hydrogens is 358 g/mol. The molecule has 122 valence electrons. The summed E-state index contributed by atoms with van der Waals surface area (Å²) in [5.41, 5.74) is -0.166. The van der Waals surface area contributed by atoms with E-state index in [0.29, 0.717) is 25.7 Å². The topological polar surface area (TPSA) is 41.6 Å². The summed E-state index contributed by atoms with van der Waals surface area (Å²) in [6.07, 6.45) is 0.796. The number of nitrogens with zero attached hydrogens (tertiary/aromatic N) is 1. The summed E-state index contributed by atoms with van der Waals surface area (Å²) in [4.78, 5) is 14.0. The molecule has 1 aliphatic heterocycles. The zero-order valence-electron chi connectivity index (χ0n) is 12.5. The number of ether oxygens (including phenoxy) is 1. The third kappa shape index (κ3) is 4.16. The molecule has 0 spiro atoms. The van der Waals surface area contributed by atoms with E-state index < -0.39 is 17.7 Å². The smallest absolute Gasteiger partial charge is 0.322 e. The molecule has 2 rings (SSSR count). The molecule has 1 aromatic carbocycles. The van der Waals surface area contributed by atoms with Gasteiger partial charge in [-0.15, -0.1) is 0 Å². The van der Waals surface area contributed by atoms with Crippen LogP contribution in [0.2, 0.25) is 0 Å². The van der Waals surface area contributed by atoms with E-state index in [0.717, 1.165) is 18.6 Å². The van der Waals surface area contributed by atoms with E-state index in [1.165, 1.54) is 0 Å². The number of halogens is 3. The van der Waals surface area contributed by atoms with Crippen LogP contribution in [0.3, 0.4) is 0 Å². The Kier molecular flexibility index (Phi) is 5.74. The van der Waals surface area contributed by atoms with E-state index in [2.05, 4.69) is 35.1 Å². The Bertz CT molecular complexity index is 555. The minimum atomic E-state index is -0.685. The lowest BCUT2D eigenvalue weighted by Crippen LogP contribution is -2.50. The molecule has 0 aromatic heterocycles. The standard InChI is InChI=1S/C15H19BrF2N2O2/c1-9(2)5-10-8-22-4-3-20(10)15(21)19-14-7-12(17)11(16)6-13(14)18/h6-7,9-10H,3-5,8H2,1-2H3,(H,19,21)/t10-/m0/s1. The highest BCUT2D eigenvalue weighted by atomic mass is 79.9. The van der Waals surface area contributed by atoms with Crippen molar-refractivity contribution in [1.82, 2.24) is 4.90 Å². The van der Waals surface area contributed by atoms with Crippen molar-refractivity contribution in [3.63, 3.8) is 0 Å². The summed E-state index contributed by atoms with van der Waals surface area (Å²) in [6.45, 7) is 5.47. The van der Waals surface area contributed by atoms with E-state index in [1.54, 1.807) is 4.90 Å². The molecule has 0 saturated carbocycles.